The Labute approximate surface area is 117 Å². The average molecular weight is 277 g/mol. The number of hydrogen-bond donors (Lipinski definition) is 1. The van der Waals surface area contributed by atoms with Crippen LogP contribution in [0.5, 0.6) is 5.75 Å². The molecule has 0 unspecified atom stereocenters. The number of ether oxygens (including phenoxy) is 1. The van der Waals surface area contributed by atoms with Crippen LogP contribution < -0.4 is 10.3 Å². The van der Waals surface area contributed by atoms with Crippen molar-refractivity contribution in [2.24, 2.45) is 0 Å². The van der Waals surface area contributed by atoms with Crippen molar-refractivity contribution in [1.82, 2.24) is 14.5 Å². The molecule has 1 heterocycles. The van der Waals surface area contributed by atoms with Gasteiger partial charge in [0.05, 0.1) is 31.5 Å². The van der Waals surface area contributed by atoms with Crippen LogP contribution in [0.15, 0.2) is 29.3 Å². The molecule has 0 bridgehead atoms. The van der Waals surface area contributed by atoms with Crippen molar-refractivity contribution >= 4 is 10.9 Å². The Morgan fingerprint density at radius 3 is 2.85 bits per heavy atom. The summed E-state index contributed by atoms with van der Waals surface area (Å²) in [6, 6.07) is 5.23. The smallest absolute Gasteiger partial charge is 0.261 e. The third-order valence-electron chi connectivity index (χ3n) is 3.02. The third kappa shape index (κ3) is 2.97. The van der Waals surface area contributed by atoms with Crippen molar-refractivity contribution in [3.63, 3.8) is 0 Å². The van der Waals surface area contributed by atoms with Crippen LogP contribution >= 0.6 is 0 Å². The van der Waals surface area contributed by atoms with Gasteiger partial charge in [-0.1, -0.05) is 6.07 Å². The van der Waals surface area contributed by atoms with Crippen molar-refractivity contribution < 1.29 is 9.84 Å². The highest BCUT2D eigenvalue weighted by atomic mass is 16.5. The van der Waals surface area contributed by atoms with Crippen molar-refractivity contribution in [1.29, 1.82) is 0 Å². The van der Waals surface area contributed by atoms with E-state index in [1.165, 1.54) is 10.9 Å². The van der Waals surface area contributed by atoms with Crippen LogP contribution in [0.1, 0.15) is 0 Å². The predicted octanol–water partition coefficient (Wildman–Crippen LogP) is 0.328. The SMILES string of the molecule is COc1cccc2c(=O)n(C[C@H](O)CN(C)C)cnc12. The zero-order chi connectivity index (χ0) is 14.7. The molecular weight excluding hydrogens is 258 g/mol. The normalized spacial score (nSPS) is 12.8. The molecule has 1 atom stereocenters. The van der Waals surface area contributed by atoms with Gasteiger partial charge in [0.2, 0.25) is 0 Å². The highest BCUT2D eigenvalue weighted by Crippen LogP contribution is 2.19. The summed E-state index contributed by atoms with van der Waals surface area (Å²) in [6.45, 7) is 0.708. The number of methoxy groups -OCH3 is 1. The predicted molar refractivity (Wildman–Crippen MR) is 77.1 cm³/mol. The van der Waals surface area contributed by atoms with E-state index in [4.69, 9.17) is 4.74 Å². The molecule has 108 valence electrons. The molecule has 1 N–H and O–H groups in total. The Hall–Kier alpha value is -1.92. The molecule has 20 heavy (non-hydrogen) atoms. The molecule has 0 fully saturated rings. The summed E-state index contributed by atoms with van der Waals surface area (Å²) >= 11 is 0. The zero-order valence-electron chi connectivity index (χ0n) is 11.9. The summed E-state index contributed by atoms with van der Waals surface area (Å²) in [5, 5.41) is 10.4. The van der Waals surface area contributed by atoms with Gasteiger partial charge in [-0.05, 0) is 26.2 Å². The Kier molecular flexibility index (Phi) is 4.36. The maximum absolute atomic E-state index is 12.4. The fourth-order valence-electron chi connectivity index (χ4n) is 2.16. The summed E-state index contributed by atoms with van der Waals surface area (Å²) in [7, 11) is 5.29. The average Bonchev–Trinajstić information content (AvgIpc) is 2.40. The van der Waals surface area contributed by atoms with E-state index in [0.717, 1.165) is 0 Å². The highest BCUT2D eigenvalue weighted by Gasteiger charge is 2.11. The summed E-state index contributed by atoms with van der Waals surface area (Å²) in [5.41, 5.74) is 0.366. The molecule has 0 aliphatic heterocycles. The van der Waals surface area contributed by atoms with Crippen molar-refractivity contribution in [3.05, 3.63) is 34.9 Å². The first-order valence-electron chi connectivity index (χ1n) is 6.38. The van der Waals surface area contributed by atoms with Crippen LogP contribution in [-0.2, 0) is 6.54 Å². The Balaban J connectivity index is 2.38. The Morgan fingerprint density at radius 2 is 2.20 bits per heavy atom. The van der Waals surface area contributed by atoms with E-state index in [1.807, 2.05) is 19.0 Å². The molecule has 1 aromatic carbocycles. The number of benzene rings is 1. The van der Waals surface area contributed by atoms with E-state index < -0.39 is 6.10 Å². The van der Waals surface area contributed by atoms with Crippen LogP contribution in [-0.4, -0.2) is 53.4 Å². The van der Waals surface area contributed by atoms with Gasteiger partial charge in [-0.3, -0.25) is 9.36 Å². The van der Waals surface area contributed by atoms with Crippen LogP contribution in [0, 0.1) is 0 Å². The largest absolute Gasteiger partial charge is 0.494 e. The number of aromatic nitrogens is 2. The Bertz CT molecular complexity index is 652. The van der Waals surface area contributed by atoms with Crippen molar-refractivity contribution in [3.8, 4) is 5.75 Å². The number of rotatable bonds is 5. The summed E-state index contributed by atoms with van der Waals surface area (Å²) < 4.78 is 6.62. The van der Waals surface area contributed by atoms with E-state index >= 15 is 0 Å². The summed E-state index contributed by atoms with van der Waals surface area (Å²) in [6.07, 6.45) is 0.832. The number of fused-ring (bicyclic) bond motifs is 1. The van der Waals surface area contributed by atoms with Gasteiger partial charge < -0.3 is 14.7 Å². The minimum atomic E-state index is -0.618. The van der Waals surface area contributed by atoms with Gasteiger partial charge in [-0.2, -0.15) is 0 Å². The van der Waals surface area contributed by atoms with E-state index in [-0.39, 0.29) is 12.1 Å². The first-order chi connectivity index (χ1) is 9.52. The lowest BCUT2D eigenvalue weighted by Crippen LogP contribution is -2.33. The van der Waals surface area contributed by atoms with Gasteiger partial charge in [0, 0.05) is 6.54 Å². The lowest BCUT2D eigenvalue weighted by atomic mass is 10.2. The van der Waals surface area contributed by atoms with Crippen LogP contribution in [0.3, 0.4) is 0 Å². The van der Waals surface area contributed by atoms with Gasteiger partial charge in [0.1, 0.15) is 11.3 Å². The molecule has 0 aliphatic carbocycles. The molecule has 6 nitrogen and oxygen atoms in total. The van der Waals surface area contributed by atoms with E-state index in [0.29, 0.717) is 23.2 Å². The van der Waals surface area contributed by atoms with E-state index in [9.17, 15) is 9.90 Å². The van der Waals surface area contributed by atoms with Crippen LogP contribution in [0.4, 0.5) is 0 Å². The highest BCUT2D eigenvalue weighted by molar-refractivity contribution is 5.83. The third-order valence-corrected chi connectivity index (χ3v) is 3.02. The molecule has 2 rings (SSSR count). The van der Waals surface area contributed by atoms with Gasteiger partial charge in [0.15, 0.2) is 0 Å². The fraction of sp³-hybridized carbons (Fsp3) is 0.429. The van der Waals surface area contributed by atoms with Gasteiger partial charge in [-0.15, -0.1) is 0 Å². The molecule has 0 saturated heterocycles. The van der Waals surface area contributed by atoms with Gasteiger partial charge in [-0.25, -0.2) is 4.98 Å². The number of aliphatic hydroxyl groups is 1. The number of hydrogen-bond acceptors (Lipinski definition) is 5. The maximum Gasteiger partial charge on any atom is 0.261 e. The number of nitrogens with zero attached hydrogens (tertiary/aromatic N) is 3. The molecular formula is C14H19N3O3. The lowest BCUT2D eigenvalue weighted by Gasteiger charge is -2.17. The molecule has 0 aliphatic rings. The summed E-state index contributed by atoms with van der Waals surface area (Å²) in [5.74, 6) is 0.570. The molecule has 0 spiro atoms. The number of aliphatic hydroxyl groups excluding tert-OH is 1. The molecule has 2 aromatic rings. The second-order valence-corrected chi connectivity index (χ2v) is 4.97. The first kappa shape index (κ1) is 14.5. The van der Waals surface area contributed by atoms with Crippen molar-refractivity contribution in [2.45, 2.75) is 12.6 Å². The molecule has 0 radical (unpaired) electrons. The van der Waals surface area contributed by atoms with Crippen molar-refractivity contribution in [2.75, 3.05) is 27.7 Å². The minimum Gasteiger partial charge on any atom is -0.494 e. The van der Waals surface area contributed by atoms with Gasteiger partial charge >= 0.3 is 0 Å². The second kappa shape index (κ2) is 6.02. The van der Waals surface area contributed by atoms with Gasteiger partial charge in [0.25, 0.3) is 5.56 Å². The molecule has 1 aromatic heterocycles. The monoisotopic (exact) mass is 277 g/mol. The maximum atomic E-state index is 12.4. The zero-order valence-corrected chi connectivity index (χ0v) is 11.9. The standard InChI is InChI=1S/C14H19N3O3/c1-16(2)7-10(18)8-17-9-15-13-11(14(17)19)5-4-6-12(13)20-3/h4-6,9-10,18H,7-8H2,1-3H3/t10-/m1/s1. The quantitative estimate of drug-likeness (QED) is 0.853. The van der Waals surface area contributed by atoms with Crippen LogP contribution in [0.2, 0.25) is 0 Å². The number of para-hydroxylation sites is 1. The van der Waals surface area contributed by atoms with Crippen LogP contribution in [0.25, 0.3) is 10.9 Å². The molecule has 0 saturated carbocycles. The Morgan fingerprint density at radius 1 is 1.45 bits per heavy atom. The lowest BCUT2D eigenvalue weighted by molar-refractivity contribution is 0.118. The summed E-state index contributed by atoms with van der Waals surface area (Å²) in [4.78, 5) is 18.5. The topological polar surface area (TPSA) is 67.6 Å². The minimum absolute atomic E-state index is 0.174. The van der Waals surface area contributed by atoms with E-state index in [1.54, 1.807) is 25.3 Å². The van der Waals surface area contributed by atoms with E-state index in [2.05, 4.69) is 4.98 Å². The second-order valence-electron chi connectivity index (χ2n) is 4.97. The first-order valence-corrected chi connectivity index (χ1v) is 6.38. The number of likely N-dealkylation sites (N-methyl/N-ethyl adjacent to an activating group) is 1. The fourth-order valence-corrected chi connectivity index (χ4v) is 2.16. The molecule has 6 heteroatoms. The molecule has 0 amide bonds.